The quantitative estimate of drug-likeness (QED) is 0.853. The molecule has 5 heteroatoms. The first-order valence-electron chi connectivity index (χ1n) is 6.02. The molecule has 1 aromatic carbocycles. The second-order valence-electron chi connectivity index (χ2n) is 4.20. The molecule has 18 heavy (non-hydrogen) atoms. The van der Waals surface area contributed by atoms with Crippen molar-refractivity contribution in [1.82, 2.24) is 10.6 Å². The van der Waals surface area contributed by atoms with Gasteiger partial charge >= 0.3 is 6.03 Å². The van der Waals surface area contributed by atoms with E-state index in [0.29, 0.717) is 6.61 Å². The van der Waals surface area contributed by atoms with E-state index in [1.54, 1.807) is 0 Å². The average molecular weight is 248 g/mol. The maximum absolute atomic E-state index is 11.3. The minimum absolute atomic E-state index is 0.255. The molecule has 3 amide bonds. The number of hydrogen-bond donors (Lipinski definition) is 2. The first-order chi connectivity index (χ1) is 8.69. The standard InChI is InChI=1S/C13H16N2O3/c1-2-7-18-10-5-3-9(4-6-10)11-8-12(16)15-13(17)14-11/h3-6,11H,2,7-8H2,1H3,(H2,14,15,16,17)/t11-/m1/s1. The first kappa shape index (κ1) is 12.4. The molecule has 0 unspecified atom stereocenters. The van der Waals surface area contributed by atoms with Gasteiger partial charge < -0.3 is 10.1 Å². The molecular weight excluding hydrogens is 232 g/mol. The molecule has 1 aliphatic heterocycles. The van der Waals surface area contributed by atoms with Crippen LogP contribution in [0, 0.1) is 0 Å². The van der Waals surface area contributed by atoms with Gasteiger partial charge in [0.15, 0.2) is 0 Å². The number of nitrogens with one attached hydrogen (secondary N) is 2. The van der Waals surface area contributed by atoms with Crippen molar-refractivity contribution in [1.29, 1.82) is 0 Å². The molecule has 2 N–H and O–H groups in total. The lowest BCUT2D eigenvalue weighted by atomic mass is 10.0. The summed E-state index contributed by atoms with van der Waals surface area (Å²) in [6, 6.07) is 6.74. The second kappa shape index (κ2) is 5.53. The third-order valence-electron chi connectivity index (χ3n) is 2.70. The summed E-state index contributed by atoms with van der Waals surface area (Å²) in [6.07, 6.45) is 1.22. The van der Waals surface area contributed by atoms with Crippen molar-refractivity contribution in [3.8, 4) is 5.75 Å². The zero-order valence-electron chi connectivity index (χ0n) is 10.2. The van der Waals surface area contributed by atoms with Crippen molar-refractivity contribution in [2.24, 2.45) is 0 Å². The fourth-order valence-corrected chi connectivity index (χ4v) is 1.83. The van der Waals surface area contributed by atoms with Crippen molar-refractivity contribution in [2.75, 3.05) is 6.61 Å². The third kappa shape index (κ3) is 3.00. The zero-order valence-corrected chi connectivity index (χ0v) is 10.2. The fraction of sp³-hybridized carbons (Fsp3) is 0.385. The topological polar surface area (TPSA) is 67.4 Å². The van der Waals surface area contributed by atoms with Gasteiger partial charge in [-0.05, 0) is 24.1 Å². The number of carbonyl (C=O) groups excluding carboxylic acids is 2. The summed E-state index contributed by atoms with van der Waals surface area (Å²) in [5, 5.41) is 4.92. The molecule has 0 spiro atoms. The summed E-state index contributed by atoms with van der Waals surface area (Å²) in [5.74, 6) is 0.544. The minimum atomic E-state index is -0.442. The normalized spacial score (nSPS) is 19.1. The van der Waals surface area contributed by atoms with Gasteiger partial charge in [0.05, 0.1) is 19.1 Å². The first-order valence-corrected chi connectivity index (χ1v) is 6.02. The van der Waals surface area contributed by atoms with Gasteiger partial charge in [-0.1, -0.05) is 19.1 Å². The highest BCUT2D eigenvalue weighted by atomic mass is 16.5. The molecule has 1 fully saturated rings. The van der Waals surface area contributed by atoms with Crippen molar-refractivity contribution < 1.29 is 14.3 Å². The Morgan fingerprint density at radius 1 is 1.28 bits per heavy atom. The number of ether oxygens (including phenoxy) is 1. The number of hydrogen-bond acceptors (Lipinski definition) is 3. The van der Waals surface area contributed by atoms with E-state index in [1.807, 2.05) is 31.2 Å². The van der Waals surface area contributed by atoms with Crippen molar-refractivity contribution in [2.45, 2.75) is 25.8 Å². The summed E-state index contributed by atoms with van der Waals surface area (Å²) in [5.41, 5.74) is 0.905. The van der Waals surface area contributed by atoms with Crippen LogP contribution in [-0.4, -0.2) is 18.5 Å². The molecule has 1 aromatic rings. The Morgan fingerprint density at radius 2 is 2.00 bits per heavy atom. The van der Waals surface area contributed by atoms with Gasteiger partial charge in [-0.2, -0.15) is 0 Å². The number of amides is 3. The van der Waals surface area contributed by atoms with Crippen LogP contribution in [0.1, 0.15) is 31.4 Å². The summed E-state index contributed by atoms with van der Waals surface area (Å²) in [6.45, 7) is 2.73. The van der Waals surface area contributed by atoms with E-state index in [9.17, 15) is 9.59 Å². The van der Waals surface area contributed by atoms with Gasteiger partial charge in [0, 0.05) is 0 Å². The molecule has 0 saturated carbocycles. The highest BCUT2D eigenvalue weighted by molar-refractivity contribution is 5.97. The van der Waals surface area contributed by atoms with Crippen molar-refractivity contribution in [3.63, 3.8) is 0 Å². The van der Waals surface area contributed by atoms with Crippen LogP contribution in [0.5, 0.6) is 5.75 Å². The van der Waals surface area contributed by atoms with Crippen LogP contribution in [0.4, 0.5) is 4.79 Å². The molecule has 1 atom stereocenters. The number of carbonyl (C=O) groups is 2. The van der Waals surface area contributed by atoms with Gasteiger partial charge in [0.1, 0.15) is 5.75 Å². The Hall–Kier alpha value is -2.04. The maximum Gasteiger partial charge on any atom is 0.321 e. The predicted molar refractivity (Wildman–Crippen MR) is 66.3 cm³/mol. The molecule has 0 bridgehead atoms. The van der Waals surface area contributed by atoms with Gasteiger partial charge in [0.25, 0.3) is 0 Å². The van der Waals surface area contributed by atoms with Gasteiger partial charge in [-0.25, -0.2) is 4.79 Å². The minimum Gasteiger partial charge on any atom is -0.494 e. The van der Waals surface area contributed by atoms with Crippen LogP contribution in [0.15, 0.2) is 24.3 Å². The molecule has 5 nitrogen and oxygen atoms in total. The lowest BCUT2D eigenvalue weighted by Gasteiger charge is -2.23. The largest absolute Gasteiger partial charge is 0.494 e. The van der Waals surface area contributed by atoms with Crippen LogP contribution in [0.25, 0.3) is 0 Å². The zero-order chi connectivity index (χ0) is 13.0. The molecular formula is C13H16N2O3. The monoisotopic (exact) mass is 248 g/mol. The van der Waals surface area contributed by atoms with E-state index in [2.05, 4.69) is 10.6 Å². The molecule has 1 heterocycles. The van der Waals surface area contributed by atoms with E-state index in [4.69, 9.17) is 4.74 Å². The number of benzene rings is 1. The van der Waals surface area contributed by atoms with Crippen LogP contribution < -0.4 is 15.4 Å². The van der Waals surface area contributed by atoms with Crippen molar-refractivity contribution >= 4 is 11.9 Å². The van der Waals surface area contributed by atoms with E-state index in [0.717, 1.165) is 17.7 Å². The second-order valence-corrected chi connectivity index (χ2v) is 4.20. The fourth-order valence-electron chi connectivity index (χ4n) is 1.83. The van der Waals surface area contributed by atoms with Gasteiger partial charge in [0.2, 0.25) is 5.91 Å². The van der Waals surface area contributed by atoms with Crippen LogP contribution in [0.3, 0.4) is 0 Å². The highest BCUT2D eigenvalue weighted by Gasteiger charge is 2.24. The molecule has 1 saturated heterocycles. The lowest BCUT2D eigenvalue weighted by molar-refractivity contribution is -0.121. The van der Waals surface area contributed by atoms with Crippen molar-refractivity contribution in [3.05, 3.63) is 29.8 Å². The SMILES string of the molecule is CCCOc1ccc([C@H]2CC(=O)NC(=O)N2)cc1. The molecule has 2 rings (SSSR count). The number of rotatable bonds is 4. The Bertz CT molecular complexity index is 426. The summed E-state index contributed by atoms with van der Waals surface area (Å²) < 4.78 is 5.47. The molecule has 0 radical (unpaired) electrons. The van der Waals surface area contributed by atoms with Crippen LogP contribution >= 0.6 is 0 Å². The Balaban J connectivity index is 2.04. The smallest absolute Gasteiger partial charge is 0.321 e. The molecule has 0 aliphatic carbocycles. The molecule has 96 valence electrons. The molecule has 0 aromatic heterocycles. The summed E-state index contributed by atoms with van der Waals surface area (Å²) in [4.78, 5) is 22.5. The molecule has 1 aliphatic rings. The highest BCUT2D eigenvalue weighted by Crippen LogP contribution is 2.21. The maximum atomic E-state index is 11.3. The summed E-state index contributed by atoms with van der Waals surface area (Å²) >= 11 is 0. The van der Waals surface area contributed by atoms with Crippen LogP contribution in [-0.2, 0) is 4.79 Å². The van der Waals surface area contributed by atoms with Crippen LogP contribution in [0.2, 0.25) is 0 Å². The predicted octanol–water partition coefficient (Wildman–Crippen LogP) is 1.75. The lowest BCUT2D eigenvalue weighted by Crippen LogP contribution is -2.48. The third-order valence-corrected chi connectivity index (χ3v) is 2.70. The Labute approximate surface area is 106 Å². The van der Waals surface area contributed by atoms with E-state index >= 15 is 0 Å². The van der Waals surface area contributed by atoms with Gasteiger partial charge in [-0.3, -0.25) is 10.1 Å². The van der Waals surface area contributed by atoms with Gasteiger partial charge in [-0.15, -0.1) is 0 Å². The average Bonchev–Trinajstić information content (AvgIpc) is 2.36. The van der Waals surface area contributed by atoms with E-state index in [1.165, 1.54) is 0 Å². The number of imide groups is 1. The Kier molecular flexibility index (Phi) is 3.82. The van der Waals surface area contributed by atoms with E-state index in [-0.39, 0.29) is 18.4 Å². The Morgan fingerprint density at radius 3 is 2.61 bits per heavy atom. The summed E-state index contributed by atoms with van der Waals surface area (Å²) in [7, 11) is 0. The van der Waals surface area contributed by atoms with E-state index < -0.39 is 6.03 Å². The number of urea groups is 1.